The summed E-state index contributed by atoms with van der Waals surface area (Å²) in [5.74, 6) is -0.215. The smallest absolute Gasteiger partial charge is 0.267 e. The largest absolute Gasteiger partial charge is 0.355 e. The second kappa shape index (κ2) is 6.35. The Bertz CT molecular complexity index is 689. The van der Waals surface area contributed by atoms with Crippen molar-refractivity contribution in [1.29, 1.82) is 0 Å². The number of aromatic nitrogens is 2. The number of aryl methyl sites for hydroxylation is 1. The molecule has 1 unspecified atom stereocenters. The number of likely N-dealkylation sites (N-methyl/N-ethyl adjacent to an activating group) is 1. The molecule has 0 aliphatic heterocycles. The SMILES string of the molecule is CCNC(=O)C(C)n1nc(-c2ccc(C)cc2)ccc1=O. The maximum Gasteiger partial charge on any atom is 0.267 e. The van der Waals surface area contributed by atoms with Gasteiger partial charge in [-0.05, 0) is 26.8 Å². The van der Waals surface area contributed by atoms with Gasteiger partial charge in [0.05, 0.1) is 5.69 Å². The van der Waals surface area contributed by atoms with Gasteiger partial charge in [-0.3, -0.25) is 9.59 Å². The fraction of sp³-hybridized carbons (Fsp3) is 0.312. The molecule has 0 aliphatic rings. The van der Waals surface area contributed by atoms with Crippen molar-refractivity contribution in [3.63, 3.8) is 0 Å². The average molecular weight is 285 g/mol. The molecule has 0 aliphatic carbocycles. The van der Waals surface area contributed by atoms with Crippen molar-refractivity contribution in [2.75, 3.05) is 6.54 Å². The Morgan fingerprint density at radius 1 is 1.24 bits per heavy atom. The number of benzene rings is 1. The van der Waals surface area contributed by atoms with E-state index in [1.54, 1.807) is 13.0 Å². The van der Waals surface area contributed by atoms with Crippen LogP contribution in [-0.4, -0.2) is 22.2 Å². The number of amides is 1. The highest BCUT2D eigenvalue weighted by Crippen LogP contribution is 2.16. The van der Waals surface area contributed by atoms with Crippen LogP contribution in [0.2, 0.25) is 0 Å². The molecule has 0 saturated carbocycles. The van der Waals surface area contributed by atoms with E-state index in [-0.39, 0.29) is 11.5 Å². The Balaban J connectivity index is 2.39. The molecule has 21 heavy (non-hydrogen) atoms. The van der Waals surface area contributed by atoms with Crippen molar-refractivity contribution in [2.45, 2.75) is 26.8 Å². The zero-order chi connectivity index (χ0) is 15.4. The van der Waals surface area contributed by atoms with Gasteiger partial charge >= 0.3 is 0 Å². The molecular formula is C16H19N3O2. The summed E-state index contributed by atoms with van der Waals surface area (Å²) in [6.45, 7) is 6.03. The summed E-state index contributed by atoms with van der Waals surface area (Å²) in [6, 6.07) is 10.3. The van der Waals surface area contributed by atoms with Crippen molar-refractivity contribution in [3.8, 4) is 11.3 Å². The second-order valence-corrected chi connectivity index (χ2v) is 4.94. The van der Waals surface area contributed by atoms with E-state index in [0.29, 0.717) is 12.2 Å². The van der Waals surface area contributed by atoms with Crippen molar-refractivity contribution < 1.29 is 4.79 Å². The van der Waals surface area contributed by atoms with Gasteiger partial charge in [-0.1, -0.05) is 29.8 Å². The summed E-state index contributed by atoms with van der Waals surface area (Å²) in [5.41, 5.74) is 2.45. The van der Waals surface area contributed by atoms with E-state index in [1.807, 2.05) is 38.1 Å². The van der Waals surface area contributed by atoms with Crippen LogP contribution in [0.1, 0.15) is 25.5 Å². The van der Waals surface area contributed by atoms with E-state index in [0.717, 1.165) is 11.1 Å². The Hall–Kier alpha value is -2.43. The number of hydrogen-bond donors (Lipinski definition) is 1. The van der Waals surface area contributed by atoms with Crippen LogP contribution in [0.3, 0.4) is 0 Å². The molecular weight excluding hydrogens is 266 g/mol. The van der Waals surface area contributed by atoms with Crippen LogP contribution in [0.5, 0.6) is 0 Å². The quantitative estimate of drug-likeness (QED) is 0.933. The average Bonchev–Trinajstić information content (AvgIpc) is 2.48. The first-order valence-electron chi connectivity index (χ1n) is 6.97. The second-order valence-electron chi connectivity index (χ2n) is 4.94. The maximum absolute atomic E-state index is 11.9. The van der Waals surface area contributed by atoms with Crippen LogP contribution < -0.4 is 10.9 Å². The molecule has 110 valence electrons. The molecule has 1 aromatic carbocycles. The van der Waals surface area contributed by atoms with Crippen molar-refractivity contribution >= 4 is 5.91 Å². The highest BCUT2D eigenvalue weighted by atomic mass is 16.2. The van der Waals surface area contributed by atoms with Gasteiger partial charge in [-0.25, -0.2) is 4.68 Å². The van der Waals surface area contributed by atoms with Gasteiger partial charge in [-0.2, -0.15) is 5.10 Å². The molecule has 0 bridgehead atoms. The van der Waals surface area contributed by atoms with Crippen LogP contribution >= 0.6 is 0 Å². The lowest BCUT2D eigenvalue weighted by Crippen LogP contribution is -2.36. The first-order valence-corrected chi connectivity index (χ1v) is 6.97. The van der Waals surface area contributed by atoms with Gasteiger partial charge in [0, 0.05) is 18.2 Å². The van der Waals surface area contributed by atoms with Crippen LogP contribution in [0.4, 0.5) is 0 Å². The third-order valence-electron chi connectivity index (χ3n) is 3.27. The zero-order valence-corrected chi connectivity index (χ0v) is 12.5. The van der Waals surface area contributed by atoms with E-state index < -0.39 is 6.04 Å². The number of nitrogens with one attached hydrogen (secondary N) is 1. The minimum atomic E-state index is -0.636. The molecule has 2 rings (SSSR count). The van der Waals surface area contributed by atoms with E-state index in [1.165, 1.54) is 10.7 Å². The predicted molar refractivity (Wildman–Crippen MR) is 82.1 cm³/mol. The van der Waals surface area contributed by atoms with Gasteiger partial charge < -0.3 is 5.32 Å². The molecule has 1 N–H and O–H groups in total. The van der Waals surface area contributed by atoms with E-state index >= 15 is 0 Å². The lowest BCUT2D eigenvalue weighted by molar-refractivity contribution is -0.124. The first-order chi connectivity index (χ1) is 10.0. The molecule has 2 aromatic rings. The maximum atomic E-state index is 11.9. The Morgan fingerprint density at radius 2 is 1.90 bits per heavy atom. The topological polar surface area (TPSA) is 64.0 Å². The van der Waals surface area contributed by atoms with E-state index in [4.69, 9.17) is 0 Å². The minimum absolute atomic E-state index is 0.215. The lowest BCUT2D eigenvalue weighted by Gasteiger charge is -2.14. The normalized spacial score (nSPS) is 12.0. The third kappa shape index (κ3) is 3.37. The Labute approximate surface area is 123 Å². The number of rotatable bonds is 4. The molecule has 0 spiro atoms. The number of carbonyl (C=O) groups excluding carboxylic acids is 1. The molecule has 0 fully saturated rings. The van der Waals surface area contributed by atoms with Crippen LogP contribution in [0.15, 0.2) is 41.2 Å². The highest BCUT2D eigenvalue weighted by Gasteiger charge is 2.17. The summed E-state index contributed by atoms with van der Waals surface area (Å²) in [6.07, 6.45) is 0. The zero-order valence-electron chi connectivity index (χ0n) is 12.5. The molecule has 5 nitrogen and oxygen atoms in total. The number of nitrogens with zero attached hydrogens (tertiary/aromatic N) is 2. The van der Waals surface area contributed by atoms with Crippen molar-refractivity contribution in [2.24, 2.45) is 0 Å². The summed E-state index contributed by atoms with van der Waals surface area (Å²) in [5, 5.41) is 7.02. The monoisotopic (exact) mass is 285 g/mol. The van der Waals surface area contributed by atoms with Gasteiger partial charge in [0.25, 0.3) is 5.56 Å². The fourth-order valence-electron chi connectivity index (χ4n) is 2.01. The summed E-state index contributed by atoms with van der Waals surface area (Å²) < 4.78 is 1.22. The molecule has 1 atom stereocenters. The van der Waals surface area contributed by atoms with Crippen molar-refractivity contribution in [3.05, 3.63) is 52.3 Å². The van der Waals surface area contributed by atoms with Gasteiger partial charge in [-0.15, -0.1) is 0 Å². The fourth-order valence-corrected chi connectivity index (χ4v) is 2.01. The van der Waals surface area contributed by atoms with Crippen LogP contribution in [-0.2, 0) is 4.79 Å². The first kappa shape index (κ1) is 15.0. The predicted octanol–water partition coefficient (Wildman–Crippen LogP) is 1.92. The summed E-state index contributed by atoms with van der Waals surface area (Å²) >= 11 is 0. The molecule has 0 saturated heterocycles. The molecule has 0 radical (unpaired) electrons. The van der Waals surface area contributed by atoms with Gasteiger partial charge in [0.15, 0.2) is 0 Å². The van der Waals surface area contributed by atoms with Gasteiger partial charge in [0.1, 0.15) is 6.04 Å². The summed E-state index contributed by atoms with van der Waals surface area (Å²) in [4.78, 5) is 23.8. The molecule has 5 heteroatoms. The van der Waals surface area contributed by atoms with Crippen LogP contribution in [0.25, 0.3) is 11.3 Å². The van der Waals surface area contributed by atoms with Crippen LogP contribution in [0, 0.1) is 6.92 Å². The highest BCUT2D eigenvalue weighted by molar-refractivity contribution is 5.79. The van der Waals surface area contributed by atoms with E-state index in [9.17, 15) is 9.59 Å². The van der Waals surface area contributed by atoms with E-state index in [2.05, 4.69) is 10.4 Å². The minimum Gasteiger partial charge on any atom is -0.355 e. The number of hydrogen-bond acceptors (Lipinski definition) is 3. The molecule has 1 heterocycles. The number of carbonyl (C=O) groups is 1. The molecule has 1 aromatic heterocycles. The standard InChI is InChI=1S/C16H19N3O2/c1-4-17-16(21)12(3)19-15(20)10-9-14(18-19)13-7-5-11(2)6-8-13/h5-10,12H,4H2,1-3H3,(H,17,21). The molecule has 1 amide bonds. The summed E-state index contributed by atoms with van der Waals surface area (Å²) in [7, 11) is 0. The van der Waals surface area contributed by atoms with Gasteiger partial charge in [0.2, 0.25) is 5.91 Å². The Kier molecular flexibility index (Phi) is 4.52. The third-order valence-corrected chi connectivity index (χ3v) is 3.27. The Morgan fingerprint density at radius 3 is 2.52 bits per heavy atom. The lowest BCUT2D eigenvalue weighted by atomic mass is 10.1. The van der Waals surface area contributed by atoms with Crippen molar-refractivity contribution in [1.82, 2.24) is 15.1 Å².